The molecule has 3 aromatic carbocycles. The van der Waals surface area contributed by atoms with Gasteiger partial charge in [-0.05, 0) is 74.5 Å². The highest BCUT2D eigenvalue weighted by atomic mass is 16.5. The topological polar surface area (TPSA) is 91.0 Å². The summed E-state index contributed by atoms with van der Waals surface area (Å²) in [5, 5.41) is 15.8. The largest absolute Gasteiger partial charge is 0.492 e. The van der Waals surface area contributed by atoms with Gasteiger partial charge in [-0.25, -0.2) is 9.97 Å². The molecule has 0 aliphatic carbocycles. The predicted molar refractivity (Wildman–Crippen MR) is 145 cm³/mol. The Balaban J connectivity index is 1.36. The summed E-state index contributed by atoms with van der Waals surface area (Å²) in [5.74, 6) is 2.22. The summed E-state index contributed by atoms with van der Waals surface area (Å²) in [6.07, 6.45) is 4.39. The molecule has 5 aromatic rings. The lowest BCUT2D eigenvalue weighted by molar-refractivity contribution is 0.238. The maximum atomic E-state index is 6.13. The molecule has 0 atom stereocenters. The number of hydrogen-bond donors (Lipinski definition) is 3. The first kappa shape index (κ1) is 22.3. The number of fused-ring (bicyclic) bond motifs is 2. The van der Waals surface area contributed by atoms with Crippen LogP contribution in [-0.4, -0.2) is 58.4 Å². The molecule has 1 saturated heterocycles. The van der Waals surface area contributed by atoms with Crippen LogP contribution in [0.15, 0.2) is 66.9 Å². The molecule has 182 valence electrons. The molecule has 1 fully saturated rings. The Morgan fingerprint density at radius 3 is 2.78 bits per heavy atom. The number of aromatic amines is 1. The van der Waals surface area contributed by atoms with E-state index in [-0.39, 0.29) is 0 Å². The highest BCUT2D eigenvalue weighted by molar-refractivity contribution is 5.94. The van der Waals surface area contributed by atoms with Crippen LogP contribution in [0.5, 0.6) is 5.75 Å². The van der Waals surface area contributed by atoms with Gasteiger partial charge in [-0.2, -0.15) is 5.10 Å². The molecule has 0 bridgehead atoms. The first-order valence-electron chi connectivity index (χ1n) is 12.4. The van der Waals surface area contributed by atoms with Gasteiger partial charge in [-0.3, -0.25) is 10.00 Å². The molecule has 2 aromatic heterocycles. The zero-order chi connectivity index (χ0) is 24.3. The highest BCUT2D eigenvalue weighted by Crippen LogP contribution is 2.31. The molecule has 0 unspecified atom stereocenters. The van der Waals surface area contributed by atoms with Crippen molar-refractivity contribution in [2.45, 2.75) is 12.8 Å². The third-order valence-corrected chi connectivity index (χ3v) is 6.65. The van der Waals surface area contributed by atoms with E-state index in [9.17, 15) is 0 Å². The summed E-state index contributed by atoms with van der Waals surface area (Å²) in [6, 6.07) is 20.2. The van der Waals surface area contributed by atoms with Gasteiger partial charge >= 0.3 is 0 Å². The van der Waals surface area contributed by atoms with E-state index in [1.165, 1.54) is 25.9 Å². The Hall–Kier alpha value is -4.17. The van der Waals surface area contributed by atoms with Crippen molar-refractivity contribution >= 4 is 39.0 Å². The zero-order valence-corrected chi connectivity index (χ0v) is 20.3. The Morgan fingerprint density at radius 1 is 0.972 bits per heavy atom. The second-order valence-corrected chi connectivity index (χ2v) is 9.10. The molecule has 3 N–H and O–H groups in total. The molecular weight excluding hydrogens is 450 g/mol. The number of nitrogens with zero attached hydrogens (tertiary/aromatic N) is 4. The summed E-state index contributed by atoms with van der Waals surface area (Å²) >= 11 is 0. The van der Waals surface area contributed by atoms with Crippen LogP contribution in [-0.2, 0) is 0 Å². The lowest BCUT2D eigenvalue weighted by atomic mass is 10.1. The summed E-state index contributed by atoms with van der Waals surface area (Å²) in [4.78, 5) is 12.3. The van der Waals surface area contributed by atoms with Gasteiger partial charge in [0.05, 0.1) is 17.2 Å². The Bertz CT molecular complexity index is 1510. The van der Waals surface area contributed by atoms with Gasteiger partial charge in [-0.15, -0.1) is 0 Å². The molecule has 8 heteroatoms. The smallest absolute Gasteiger partial charge is 0.162 e. The third-order valence-electron chi connectivity index (χ3n) is 6.65. The van der Waals surface area contributed by atoms with E-state index in [1.54, 1.807) is 0 Å². The van der Waals surface area contributed by atoms with Crippen LogP contribution in [0.1, 0.15) is 12.8 Å². The van der Waals surface area contributed by atoms with Crippen molar-refractivity contribution < 1.29 is 4.74 Å². The first-order chi connectivity index (χ1) is 17.7. The minimum atomic E-state index is 0.661. The Morgan fingerprint density at radius 2 is 1.89 bits per heavy atom. The standard InChI is InChI=1S/C28H29N7O/c1-29-21-6-4-5-19(15-21)27-32-26-10-8-23(36-14-13-35-11-2-3-12-35)17-24(26)28(33-27)31-22-7-9-25-20(16-22)18-30-34-25/h4-10,15-18,29H,2-3,11-14H2,1H3,(H,30,34)(H,31,32,33). The van der Waals surface area contributed by atoms with E-state index in [0.29, 0.717) is 12.4 Å². The van der Waals surface area contributed by atoms with Gasteiger partial charge in [-0.1, -0.05) is 12.1 Å². The molecule has 0 saturated carbocycles. The zero-order valence-electron chi connectivity index (χ0n) is 20.3. The number of aromatic nitrogens is 4. The average molecular weight is 480 g/mol. The van der Waals surface area contributed by atoms with Crippen LogP contribution in [0.25, 0.3) is 33.2 Å². The molecule has 1 aliphatic rings. The second kappa shape index (κ2) is 9.83. The summed E-state index contributed by atoms with van der Waals surface area (Å²) in [6.45, 7) is 3.95. The number of nitrogens with one attached hydrogen (secondary N) is 3. The van der Waals surface area contributed by atoms with Crippen LogP contribution in [0.4, 0.5) is 17.2 Å². The number of H-pyrrole nitrogens is 1. The Labute approximate surface area is 209 Å². The minimum absolute atomic E-state index is 0.661. The molecule has 0 amide bonds. The van der Waals surface area contributed by atoms with Crippen LogP contribution in [0.2, 0.25) is 0 Å². The van der Waals surface area contributed by atoms with Crippen LogP contribution < -0.4 is 15.4 Å². The van der Waals surface area contributed by atoms with Crippen LogP contribution in [0, 0.1) is 0 Å². The molecule has 1 aliphatic heterocycles. The van der Waals surface area contributed by atoms with Crippen molar-refractivity contribution in [1.29, 1.82) is 0 Å². The van der Waals surface area contributed by atoms with Gasteiger partial charge in [0.1, 0.15) is 18.2 Å². The monoisotopic (exact) mass is 479 g/mol. The summed E-state index contributed by atoms with van der Waals surface area (Å²) in [5.41, 5.74) is 4.74. The Kier molecular flexibility index (Phi) is 6.09. The van der Waals surface area contributed by atoms with E-state index >= 15 is 0 Å². The fourth-order valence-corrected chi connectivity index (χ4v) is 4.69. The molecule has 8 nitrogen and oxygen atoms in total. The number of anilines is 3. The maximum Gasteiger partial charge on any atom is 0.162 e. The maximum absolute atomic E-state index is 6.13. The number of ether oxygens (including phenoxy) is 1. The van der Waals surface area contributed by atoms with Crippen molar-refractivity contribution in [3.63, 3.8) is 0 Å². The van der Waals surface area contributed by atoms with Crippen molar-refractivity contribution in [3.05, 3.63) is 66.9 Å². The fraction of sp³-hybridized carbons (Fsp3) is 0.250. The van der Waals surface area contributed by atoms with Crippen LogP contribution in [0.3, 0.4) is 0 Å². The van der Waals surface area contributed by atoms with E-state index in [0.717, 1.165) is 56.9 Å². The van der Waals surface area contributed by atoms with Crippen molar-refractivity contribution in [2.24, 2.45) is 0 Å². The first-order valence-corrected chi connectivity index (χ1v) is 12.4. The van der Waals surface area contributed by atoms with Crippen molar-refractivity contribution in [2.75, 3.05) is 43.9 Å². The van der Waals surface area contributed by atoms with E-state index < -0.39 is 0 Å². The van der Waals surface area contributed by atoms with Crippen molar-refractivity contribution in [1.82, 2.24) is 25.1 Å². The van der Waals surface area contributed by atoms with E-state index in [2.05, 4.69) is 37.9 Å². The predicted octanol–water partition coefficient (Wildman–Crippen LogP) is 5.43. The van der Waals surface area contributed by atoms with Gasteiger partial charge in [0.2, 0.25) is 0 Å². The number of benzene rings is 3. The van der Waals surface area contributed by atoms with Gasteiger partial charge in [0.25, 0.3) is 0 Å². The van der Waals surface area contributed by atoms with Crippen molar-refractivity contribution in [3.8, 4) is 17.1 Å². The van der Waals surface area contributed by atoms with E-state index in [1.807, 2.05) is 61.8 Å². The van der Waals surface area contributed by atoms with Gasteiger partial charge < -0.3 is 15.4 Å². The molecule has 0 spiro atoms. The molecule has 36 heavy (non-hydrogen) atoms. The number of rotatable bonds is 8. The number of likely N-dealkylation sites (tertiary alicyclic amines) is 1. The molecule has 3 heterocycles. The van der Waals surface area contributed by atoms with Crippen LogP contribution >= 0.6 is 0 Å². The SMILES string of the molecule is CNc1cccc(-c2nc(Nc3ccc4[nH]ncc4c3)c3cc(OCCN4CCCC4)ccc3n2)c1. The highest BCUT2D eigenvalue weighted by Gasteiger charge is 2.14. The fourth-order valence-electron chi connectivity index (χ4n) is 4.69. The quantitative estimate of drug-likeness (QED) is 0.273. The number of hydrogen-bond acceptors (Lipinski definition) is 7. The molecular formula is C28H29N7O. The van der Waals surface area contributed by atoms with Gasteiger partial charge in [0, 0.05) is 41.3 Å². The normalized spacial score (nSPS) is 13.9. The van der Waals surface area contributed by atoms with Gasteiger partial charge in [0.15, 0.2) is 5.82 Å². The summed E-state index contributed by atoms with van der Waals surface area (Å²) < 4.78 is 6.13. The second-order valence-electron chi connectivity index (χ2n) is 9.10. The van der Waals surface area contributed by atoms with E-state index in [4.69, 9.17) is 14.7 Å². The average Bonchev–Trinajstić information content (AvgIpc) is 3.61. The molecule has 6 rings (SSSR count). The lowest BCUT2D eigenvalue weighted by Crippen LogP contribution is -2.25. The lowest BCUT2D eigenvalue weighted by Gasteiger charge is -2.16. The summed E-state index contributed by atoms with van der Waals surface area (Å²) in [7, 11) is 1.91. The third kappa shape index (κ3) is 4.67. The molecule has 0 radical (unpaired) electrons. The minimum Gasteiger partial charge on any atom is -0.492 e.